The molecule has 0 aliphatic carbocycles. The van der Waals surface area contributed by atoms with E-state index in [9.17, 15) is 13.2 Å². The van der Waals surface area contributed by atoms with Gasteiger partial charge in [-0.3, -0.25) is 0 Å². The van der Waals surface area contributed by atoms with Crippen LogP contribution in [0.15, 0.2) is 21.5 Å². The van der Waals surface area contributed by atoms with Crippen molar-refractivity contribution in [2.45, 2.75) is 18.2 Å². The first kappa shape index (κ1) is 17.0. The van der Waals surface area contributed by atoms with Crippen molar-refractivity contribution < 1.29 is 18.3 Å². The fraction of sp³-hybridized carbons (Fsp3) is 0.250. The minimum atomic E-state index is -3.81. The van der Waals surface area contributed by atoms with E-state index in [1.165, 1.54) is 6.07 Å². The van der Waals surface area contributed by atoms with Crippen LogP contribution in [0.4, 0.5) is 0 Å². The van der Waals surface area contributed by atoms with Crippen LogP contribution in [0.3, 0.4) is 0 Å². The van der Waals surface area contributed by atoms with Crippen LogP contribution in [0.1, 0.15) is 23.7 Å². The van der Waals surface area contributed by atoms with E-state index in [1.54, 1.807) is 6.92 Å². The highest BCUT2D eigenvalue weighted by atomic mass is 79.9. The maximum atomic E-state index is 12.0. The number of hydrogen-bond acceptors (Lipinski definition) is 3. The molecule has 0 amide bonds. The average Bonchev–Trinajstić information content (AvgIpc) is 2.37. The van der Waals surface area contributed by atoms with E-state index < -0.39 is 16.0 Å². The van der Waals surface area contributed by atoms with Crippen molar-refractivity contribution in [2.75, 3.05) is 6.54 Å². The molecule has 0 bridgehead atoms. The SMILES string of the molecule is CC#CCCNS(=O)(=O)c1cc(Br)c(Cl)c(C(=O)O)c1. The number of benzene rings is 1. The number of rotatable bonds is 5. The molecule has 8 heteroatoms. The second-order valence-corrected chi connectivity index (χ2v) is 6.65. The summed E-state index contributed by atoms with van der Waals surface area (Å²) >= 11 is 8.84. The summed E-state index contributed by atoms with van der Waals surface area (Å²) in [6.07, 6.45) is 0.371. The van der Waals surface area contributed by atoms with Gasteiger partial charge in [0.05, 0.1) is 15.5 Å². The topological polar surface area (TPSA) is 83.5 Å². The van der Waals surface area contributed by atoms with Gasteiger partial charge in [-0.25, -0.2) is 17.9 Å². The molecule has 2 N–H and O–H groups in total. The number of halogens is 2. The van der Waals surface area contributed by atoms with Crippen molar-refractivity contribution in [1.29, 1.82) is 0 Å². The Morgan fingerprint density at radius 1 is 1.50 bits per heavy atom. The molecule has 1 aromatic rings. The third kappa shape index (κ3) is 4.21. The summed E-state index contributed by atoms with van der Waals surface area (Å²) in [7, 11) is -3.81. The second kappa shape index (κ2) is 7.09. The molecular formula is C12H11BrClNO4S. The molecule has 0 radical (unpaired) electrons. The lowest BCUT2D eigenvalue weighted by molar-refractivity contribution is 0.0696. The van der Waals surface area contributed by atoms with Crippen molar-refractivity contribution in [3.63, 3.8) is 0 Å². The first-order chi connectivity index (χ1) is 9.29. The van der Waals surface area contributed by atoms with Gasteiger partial charge in [0.15, 0.2) is 0 Å². The average molecular weight is 381 g/mol. The third-order valence-electron chi connectivity index (χ3n) is 2.26. The van der Waals surface area contributed by atoms with Gasteiger partial charge in [-0.05, 0) is 35.0 Å². The first-order valence-corrected chi connectivity index (χ1v) is 8.06. The van der Waals surface area contributed by atoms with Gasteiger partial charge < -0.3 is 5.11 Å². The molecule has 0 spiro atoms. The summed E-state index contributed by atoms with van der Waals surface area (Å²) in [4.78, 5) is 10.8. The lowest BCUT2D eigenvalue weighted by Crippen LogP contribution is -2.25. The summed E-state index contributed by atoms with van der Waals surface area (Å²) in [6.45, 7) is 1.80. The fourth-order valence-corrected chi connectivity index (χ4v) is 3.22. The highest BCUT2D eigenvalue weighted by Crippen LogP contribution is 2.29. The monoisotopic (exact) mass is 379 g/mol. The Morgan fingerprint density at radius 2 is 2.15 bits per heavy atom. The Bertz CT molecular complexity index is 691. The van der Waals surface area contributed by atoms with Crippen LogP contribution in [0, 0.1) is 11.8 Å². The molecule has 0 fully saturated rings. The Balaban J connectivity index is 3.11. The van der Waals surface area contributed by atoms with Gasteiger partial charge in [0.1, 0.15) is 0 Å². The first-order valence-electron chi connectivity index (χ1n) is 5.41. The zero-order valence-electron chi connectivity index (χ0n) is 10.4. The van der Waals surface area contributed by atoms with Crippen LogP contribution in [0.25, 0.3) is 0 Å². The largest absolute Gasteiger partial charge is 0.478 e. The van der Waals surface area contributed by atoms with Crippen molar-refractivity contribution >= 4 is 43.5 Å². The number of carboxylic acid groups (broad SMARTS) is 1. The molecule has 0 atom stereocenters. The maximum Gasteiger partial charge on any atom is 0.337 e. The van der Waals surface area contributed by atoms with Gasteiger partial charge in [-0.2, -0.15) is 0 Å². The quantitative estimate of drug-likeness (QED) is 0.607. The number of aromatic carboxylic acids is 1. The molecule has 0 heterocycles. The number of carbonyl (C=O) groups is 1. The number of carboxylic acids is 1. The van der Waals surface area contributed by atoms with Gasteiger partial charge in [0.2, 0.25) is 10.0 Å². The number of hydrogen-bond donors (Lipinski definition) is 2. The second-order valence-electron chi connectivity index (χ2n) is 3.65. The smallest absolute Gasteiger partial charge is 0.337 e. The predicted octanol–water partition coefficient (Wildman–Crippen LogP) is 2.49. The van der Waals surface area contributed by atoms with Crippen LogP contribution < -0.4 is 4.72 Å². The zero-order valence-corrected chi connectivity index (χ0v) is 13.6. The van der Waals surface area contributed by atoms with Gasteiger partial charge in [-0.1, -0.05) is 11.6 Å². The molecule has 108 valence electrons. The molecular weight excluding hydrogens is 370 g/mol. The summed E-state index contributed by atoms with van der Waals surface area (Å²) < 4.78 is 26.6. The van der Waals surface area contributed by atoms with Crippen LogP contribution >= 0.6 is 27.5 Å². The third-order valence-corrected chi connectivity index (χ3v) is 4.96. The highest BCUT2D eigenvalue weighted by Gasteiger charge is 2.20. The molecule has 0 unspecified atom stereocenters. The Kier molecular flexibility index (Phi) is 6.02. The van der Waals surface area contributed by atoms with E-state index in [2.05, 4.69) is 32.5 Å². The minimum absolute atomic E-state index is 0.0479. The minimum Gasteiger partial charge on any atom is -0.478 e. The number of nitrogens with one attached hydrogen (secondary N) is 1. The van der Waals surface area contributed by atoms with E-state index >= 15 is 0 Å². The van der Waals surface area contributed by atoms with E-state index in [0.717, 1.165) is 6.07 Å². The predicted molar refractivity (Wildman–Crippen MR) is 79.4 cm³/mol. The van der Waals surface area contributed by atoms with E-state index in [0.29, 0.717) is 6.42 Å². The molecule has 0 saturated carbocycles. The summed E-state index contributed by atoms with van der Waals surface area (Å²) in [5, 5.41) is 8.94. The van der Waals surface area contributed by atoms with Crippen molar-refractivity contribution in [1.82, 2.24) is 4.72 Å². The van der Waals surface area contributed by atoms with Crippen molar-refractivity contribution in [2.24, 2.45) is 0 Å². The lowest BCUT2D eigenvalue weighted by Gasteiger charge is -2.08. The molecule has 1 aromatic carbocycles. The van der Waals surface area contributed by atoms with E-state index in [-0.39, 0.29) is 26.5 Å². The van der Waals surface area contributed by atoms with Crippen molar-refractivity contribution in [3.05, 3.63) is 27.2 Å². The highest BCUT2D eigenvalue weighted by molar-refractivity contribution is 9.10. The fourth-order valence-electron chi connectivity index (χ4n) is 1.33. The molecule has 0 saturated heterocycles. The lowest BCUT2D eigenvalue weighted by atomic mass is 10.2. The van der Waals surface area contributed by atoms with E-state index in [4.69, 9.17) is 16.7 Å². The molecule has 0 aromatic heterocycles. The normalized spacial score (nSPS) is 10.8. The van der Waals surface area contributed by atoms with Crippen LogP contribution in [-0.2, 0) is 10.0 Å². The van der Waals surface area contributed by atoms with Gasteiger partial charge in [0.25, 0.3) is 0 Å². The summed E-state index contributed by atoms with van der Waals surface area (Å²) in [6, 6.07) is 2.27. The molecule has 0 aliphatic rings. The van der Waals surface area contributed by atoms with Crippen molar-refractivity contribution in [3.8, 4) is 11.8 Å². The van der Waals surface area contributed by atoms with Crippen LogP contribution in [-0.4, -0.2) is 26.0 Å². The van der Waals surface area contributed by atoms with Gasteiger partial charge in [0, 0.05) is 17.4 Å². The summed E-state index contributed by atoms with van der Waals surface area (Å²) in [5.74, 6) is 4.07. The Hall–Kier alpha value is -1.07. The summed E-state index contributed by atoms with van der Waals surface area (Å²) in [5.41, 5.74) is -0.283. The van der Waals surface area contributed by atoms with Gasteiger partial charge >= 0.3 is 5.97 Å². The molecule has 1 rings (SSSR count). The Labute approximate surface area is 130 Å². The number of sulfonamides is 1. The van der Waals surface area contributed by atoms with Gasteiger partial charge in [-0.15, -0.1) is 11.8 Å². The molecule has 20 heavy (non-hydrogen) atoms. The Morgan fingerprint density at radius 3 is 2.70 bits per heavy atom. The molecule has 5 nitrogen and oxygen atoms in total. The van der Waals surface area contributed by atoms with Crippen LogP contribution in [0.2, 0.25) is 5.02 Å². The maximum absolute atomic E-state index is 12.0. The van der Waals surface area contributed by atoms with E-state index in [1.807, 2.05) is 0 Å². The molecule has 0 aliphatic heterocycles. The van der Waals surface area contributed by atoms with Crippen LogP contribution in [0.5, 0.6) is 0 Å². The standard InChI is InChI=1S/C12H11BrClNO4S/c1-2-3-4-5-15-20(18,19)8-6-9(12(16)17)11(14)10(13)7-8/h6-7,15H,4-5H2,1H3,(H,16,17). The zero-order chi connectivity index (χ0) is 15.3.